The molecule has 0 amide bonds. The summed E-state index contributed by atoms with van der Waals surface area (Å²) in [5.41, 5.74) is 9.12. The van der Waals surface area contributed by atoms with Crippen LogP contribution >= 0.6 is 0 Å². The maximum absolute atomic E-state index is 7.86. The number of aromatic amines is 1. The first-order chi connectivity index (χ1) is 14.9. The van der Waals surface area contributed by atoms with Crippen molar-refractivity contribution >= 4 is 23.1 Å². The van der Waals surface area contributed by atoms with Gasteiger partial charge in [-0.05, 0) is 24.6 Å². The molecule has 1 aromatic heterocycles. The number of fused-ring (bicyclic) bond motifs is 1. The van der Waals surface area contributed by atoms with E-state index >= 15 is 0 Å². The first-order valence-corrected chi connectivity index (χ1v) is 6.18. The third-order valence-electron chi connectivity index (χ3n) is 2.66. The van der Waals surface area contributed by atoms with E-state index in [1.165, 1.54) is 13.3 Å². The minimum absolute atomic E-state index is 0.602. The van der Waals surface area contributed by atoms with E-state index in [0.29, 0.717) is 11.3 Å². The number of methoxy groups -OCH3 is 1. The molecule has 0 bridgehead atoms. The van der Waals surface area contributed by atoms with Gasteiger partial charge in [0.15, 0.2) is 0 Å². The van der Waals surface area contributed by atoms with Crippen LogP contribution in [0.25, 0.3) is 10.9 Å². The van der Waals surface area contributed by atoms with Gasteiger partial charge in [-0.2, -0.15) is 5.10 Å². The molecule has 0 unspecified atom stereocenters. The molecule has 0 spiro atoms. The molecule has 0 saturated heterocycles. The fourth-order valence-electron chi connectivity index (χ4n) is 1.70. The van der Waals surface area contributed by atoms with Crippen LogP contribution in [-0.2, 0) is 0 Å². The number of aliphatic imine (C=N–C) groups is 1. The van der Waals surface area contributed by atoms with E-state index in [-0.39, 0.29) is 0 Å². The quantitative estimate of drug-likeness (QED) is 0.417. The predicted octanol–water partition coefficient (Wildman–Crippen LogP) is 2.60. The average Bonchev–Trinajstić information content (AvgIpc) is 3.08. The zero-order valence-corrected chi connectivity index (χ0v) is 11.8. The highest BCUT2D eigenvalue weighted by Crippen LogP contribution is 2.22. The van der Waals surface area contributed by atoms with E-state index in [9.17, 15) is 0 Å². The highest BCUT2D eigenvalue weighted by atomic mass is 16.5. The Hall–Kier alpha value is -2.50. The second-order valence-electron chi connectivity index (χ2n) is 4.01. The maximum Gasteiger partial charge on any atom is 0.209 e. The van der Waals surface area contributed by atoms with Crippen LogP contribution in [0.4, 0.5) is 0 Å². The van der Waals surface area contributed by atoms with Crippen LogP contribution in [0.2, 0.25) is 0 Å². The van der Waals surface area contributed by atoms with Gasteiger partial charge in [-0.15, -0.1) is 0 Å². The second-order valence-corrected chi connectivity index (χ2v) is 4.01. The molecular formula is C16H23N5O. The number of nitrogens with one attached hydrogen (secondary N) is 2. The average molecular weight is 312 g/mol. The summed E-state index contributed by atoms with van der Waals surface area (Å²) >= 11 is 0. The highest BCUT2D eigenvalue weighted by Gasteiger charge is 2.03. The summed E-state index contributed by atoms with van der Waals surface area (Å²) in [6.07, 6.45) is -8.33. The number of nitrogens with two attached hydrogens (primary N) is 1. The van der Waals surface area contributed by atoms with Crippen LogP contribution in [0.5, 0.6) is 5.75 Å². The Labute approximate surface area is 145 Å². The third kappa shape index (κ3) is 4.25. The van der Waals surface area contributed by atoms with E-state index in [1.54, 1.807) is 24.4 Å². The second kappa shape index (κ2) is 8.07. The SMILES string of the molecule is [2H]C([2H])([2H])C([2H])([2H])C([2H])([2H])C([2H])([2H])C([2H])([2H])N=C(N)N/N=C/c1c[nH]c2ccc(OC)cc12. The zero-order chi connectivity index (χ0) is 25.5. The molecule has 4 N–H and O–H groups in total. The third-order valence-corrected chi connectivity index (χ3v) is 2.66. The van der Waals surface area contributed by atoms with Crippen LogP contribution in [0.1, 0.15) is 46.6 Å². The van der Waals surface area contributed by atoms with Gasteiger partial charge in [-0.25, -0.2) is 5.43 Å². The van der Waals surface area contributed by atoms with Gasteiger partial charge in [0.25, 0.3) is 0 Å². The molecule has 0 aliphatic carbocycles. The summed E-state index contributed by atoms with van der Waals surface area (Å²) in [6.45, 7) is -7.03. The van der Waals surface area contributed by atoms with Crippen molar-refractivity contribution in [3.05, 3.63) is 30.0 Å². The first-order valence-electron chi connectivity index (χ1n) is 11.7. The maximum atomic E-state index is 7.86. The number of H-pyrrole nitrogens is 1. The summed E-state index contributed by atoms with van der Waals surface area (Å²) in [6, 6.07) is 5.29. The summed E-state index contributed by atoms with van der Waals surface area (Å²) in [7, 11) is 1.51. The molecule has 0 aliphatic heterocycles. The van der Waals surface area contributed by atoms with E-state index in [4.69, 9.17) is 25.5 Å². The van der Waals surface area contributed by atoms with Gasteiger partial charge in [-0.1, -0.05) is 19.6 Å². The summed E-state index contributed by atoms with van der Waals surface area (Å²) < 4.78 is 88.8. The Morgan fingerprint density at radius 3 is 3.27 bits per heavy atom. The number of nitrogens with zero attached hydrogens (tertiary/aromatic N) is 2. The van der Waals surface area contributed by atoms with Crippen molar-refractivity contribution < 1.29 is 19.8 Å². The van der Waals surface area contributed by atoms with Crippen LogP contribution in [0.15, 0.2) is 34.5 Å². The fourth-order valence-corrected chi connectivity index (χ4v) is 1.70. The van der Waals surface area contributed by atoms with Crippen molar-refractivity contribution in [2.45, 2.75) is 26.0 Å². The van der Waals surface area contributed by atoms with Crippen LogP contribution in [0.3, 0.4) is 0 Å². The summed E-state index contributed by atoms with van der Waals surface area (Å²) in [4.78, 5) is 6.27. The van der Waals surface area contributed by atoms with Crippen LogP contribution < -0.4 is 15.9 Å². The van der Waals surface area contributed by atoms with Crippen LogP contribution in [0, 0.1) is 0 Å². The molecular weight excluding hydrogens is 278 g/mol. The molecule has 0 saturated carbocycles. The van der Waals surface area contributed by atoms with Crippen molar-refractivity contribution in [1.29, 1.82) is 0 Å². The molecule has 6 heteroatoms. The predicted molar refractivity (Wildman–Crippen MR) is 91.6 cm³/mol. The minimum atomic E-state index is -3.81. The zero-order valence-electron chi connectivity index (χ0n) is 22.8. The number of hydrogen-bond acceptors (Lipinski definition) is 3. The molecule has 118 valence electrons. The molecule has 1 aromatic carbocycles. The Kier molecular flexibility index (Phi) is 2.47. The van der Waals surface area contributed by atoms with Crippen molar-refractivity contribution in [1.82, 2.24) is 10.4 Å². The van der Waals surface area contributed by atoms with E-state index in [0.717, 1.165) is 10.9 Å². The number of hydrogen-bond donors (Lipinski definition) is 3. The topological polar surface area (TPSA) is 87.8 Å². The number of ether oxygens (including phenoxy) is 1. The number of rotatable bonds is 7. The Bertz CT molecular complexity index is 1060. The Morgan fingerprint density at radius 2 is 2.45 bits per heavy atom. The number of hydrazone groups is 1. The highest BCUT2D eigenvalue weighted by molar-refractivity contribution is 5.99. The van der Waals surface area contributed by atoms with Gasteiger partial charge >= 0.3 is 0 Å². The van der Waals surface area contributed by atoms with Gasteiger partial charge in [-0.3, -0.25) is 4.99 Å². The summed E-state index contributed by atoms with van der Waals surface area (Å²) in [5.74, 6) is -0.143. The van der Waals surface area contributed by atoms with Gasteiger partial charge in [0.2, 0.25) is 5.96 Å². The van der Waals surface area contributed by atoms with Crippen molar-refractivity contribution in [2.75, 3.05) is 13.6 Å². The molecule has 1 heterocycles. The standard InChI is InChI=1S/C16H23N5O/c1-3-4-5-8-18-16(17)21-20-11-12-10-19-15-7-6-13(22-2)9-14(12)15/h6-7,9-11,19H,3-5,8H2,1-2H3,(H3,17,18,21)/b20-11+/i1D3,3D2,4D2,5D2,8D2. The smallest absolute Gasteiger partial charge is 0.209 e. The summed E-state index contributed by atoms with van der Waals surface area (Å²) in [5, 5.41) is 4.55. The molecule has 2 aromatic rings. The van der Waals surface area contributed by atoms with E-state index < -0.39 is 38.4 Å². The lowest BCUT2D eigenvalue weighted by Gasteiger charge is -2.00. The lowest BCUT2D eigenvalue weighted by molar-refractivity contribution is 0.415. The molecule has 6 nitrogen and oxygen atoms in total. The van der Waals surface area contributed by atoms with Gasteiger partial charge in [0, 0.05) is 41.5 Å². The largest absolute Gasteiger partial charge is 0.497 e. The minimum Gasteiger partial charge on any atom is -0.497 e. The monoisotopic (exact) mass is 312 g/mol. The fraction of sp³-hybridized carbons (Fsp3) is 0.375. The molecule has 2 rings (SSSR count). The number of guanidine groups is 1. The van der Waals surface area contributed by atoms with Crippen molar-refractivity contribution in [2.24, 2.45) is 15.8 Å². The van der Waals surface area contributed by atoms with Crippen molar-refractivity contribution in [3.8, 4) is 5.75 Å². The molecule has 0 radical (unpaired) electrons. The number of benzene rings is 1. The van der Waals surface area contributed by atoms with Gasteiger partial charge in [0.05, 0.1) is 16.1 Å². The lowest BCUT2D eigenvalue weighted by Crippen LogP contribution is -2.27. The molecule has 22 heavy (non-hydrogen) atoms. The molecule has 0 aliphatic rings. The first kappa shape index (κ1) is 6.73. The Balaban J connectivity index is 2.27. The van der Waals surface area contributed by atoms with E-state index in [1.807, 2.05) is 0 Å². The number of aromatic nitrogens is 1. The van der Waals surface area contributed by atoms with Crippen LogP contribution in [-0.4, -0.2) is 30.8 Å². The van der Waals surface area contributed by atoms with Gasteiger partial charge in [0.1, 0.15) is 5.75 Å². The molecule has 0 fully saturated rings. The lowest BCUT2D eigenvalue weighted by atomic mass is 10.2. The molecule has 0 atom stereocenters. The Morgan fingerprint density at radius 1 is 1.55 bits per heavy atom. The normalized spacial score (nSPS) is 22.8. The van der Waals surface area contributed by atoms with Crippen molar-refractivity contribution in [3.63, 3.8) is 0 Å². The van der Waals surface area contributed by atoms with Gasteiger partial charge < -0.3 is 15.5 Å². The van der Waals surface area contributed by atoms with E-state index in [2.05, 4.69) is 20.5 Å².